The van der Waals surface area contributed by atoms with E-state index in [9.17, 15) is 9.59 Å². The first-order valence-electron chi connectivity index (χ1n) is 8.71. The van der Waals surface area contributed by atoms with Crippen molar-refractivity contribution in [3.8, 4) is 5.75 Å². The fraction of sp³-hybridized carbons (Fsp3) is 0.300. The van der Waals surface area contributed by atoms with E-state index in [1.165, 1.54) is 5.56 Å². The number of hydrogen-bond donors (Lipinski definition) is 2. The second kappa shape index (κ2) is 8.41. The van der Waals surface area contributed by atoms with Gasteiger partial charge in [-0.05, 0) is 43.4 Å². The highest BCUT2D eigenvalue weighted by Crippen LogP contribution is 2.29. The Balaban J connectivity index is 1.63. The summed E-state index contributed by atoms with van der Waals surface area (Å²) in [5, 5.41) is 5.61. The molecule has 0 bridgehead atoms. The summed E-state index contributed by atoms with van der Waals surface area (Å²) in [6.45, 7) is 1.01. The Bertz CT molecular complexity index is 854. The molecule has 27 heavy (non-hydrogen) atoms. The fourth-order valence-corrected chi connectivity index (χ4v) is 3.21. The Morgan fingerprint density at radius 3 is 2.70 bits per heavy atom. The lowest BCUT2D eigenvalue weighted by atomic mass is 10.0. The first-order chi connectivity index (χ1) is 13.0. The minimum atomic E-state index is -0.747. The highest BCUT2D eigenvalue weighted by molar-refractivity contribution is 6.41. The molecule has 0 saturated heterocycles. The van der Waals surface area contributed by atoms with Crippen molar-refractivity contribution in [1.82, 2.24) is 10.2 Å². The maximum absolute atomic E-state index is 12.2. The van der Waals surface area contributed by atoms with Crippen LogP contribution in [0.4, 0.5) is 5.69 Å². The van der Waals surface area contributed by atoms with Gasteiger partial charge in [-0.1, -0.05) is 35.9 Å². The summed E-state index contributed by atoms with van der Waals surface area (Å²) in [6, 6.07) is 12.8. The summed E-state index contributed by atoms with van der Waals surface area (Å²) in [7, 11) is 3.87. The van der Waals surface area contributed by atoms with Gasteiger partial charge < -0.3 is 20.3 Å². The van der Waals surface area contributed by atoms with Gasteiger partial charge >= 0.3 is 11.8 Å². The topological polar surface area (TPSA) is 70.7 Å². The molecule has 2 amide bonds. The Kier molecular flexibility index (Phi) is 5.98. The van der Waals surface area contributed by atoms with E-state index in [4.69, 9.17) is 16.3 Å². The lowest BCUT2D eigenvalue weighted by molar-refractivity contribution is -0.136. The van der Waals surface area contributed by atoms with Crippen LogP contribution in [0, 0.1) is 0 Å². The summed E-state index contributed by atoms with van der Waals surface area (Å²) in [4.78, 5) is 26.3. The van der Waals surface area contributed by atoms with Crippen molar-refractivity contribution in [2.75, 3.05) is 32.6 Å². The van der Waals surface area contributed by atoms with Gasteiger partial charge in [0.1, 0.15) is 5.75 Å². The molecule has 6 nitrogen and oxygen atoms in total. The monoisotopic (exact) mass is 387 g/mol. The van der Waals surface area contributed by atoms with Crippen molar-refractivity contribution >= 4 is 29.1 Å². The van der Waals surface area contributed by atoms with Gasteiger partial charge in [0, 0.05) is 13.0 Å². The minimum Gasteiger partial charge on any atom is -0.493 e. The summed E-state index contributed by atoms with van der Waals surface area (Å²) in [5.41, 5.74) is 2.64. The van der Waals surface area contributed by atoms with Gasteiger partial charge in [-0.2, -0.15) is 0 Å². The molecule has 0 radical (unpaired) electrons. The summed E-state index contributed by atoms with van der Waals surface area (Å²) in [6.07, 6.45) is 0.885. The molecule has 0 fully saturated rings. The second-order valence-electron chi connectivity index (χ2n) is 6.59. The van der Waals surface area contributed by atoms with Crippen LogP contribution in [-0.2, 0) is 16.0 Å². The van der Waals surface area contributed by atoms with Gasteiger partial charge in [0.25, 0.3) is 0 Å². The molecular formula is C20H22ClN3O3. The summed E-state index contributed by atoms with van der Waals surface area (Å²) >= 11 is 6.01. The molecule has 2 aromatic carbocycles. The molecule has 1 unspecified atom stereocenters. The molecular weight excluding hydrogens is 366 g/mol. The number of halogens is 1. The Labute approximate surface area is 163 Å². The van der Waals surface area contributed by atoms with E-state index in [2.05, 4.69) is 16.7 Å². The Hall–Kier alpha value is -2.57. The van der Waals surface area contributed by atoms with E-state index < -0.39 is 11.8 Å². The van der Waals surface area contributed by atoms with Crippen molar-refractivity contribution in [2.45, 2.75) is 12.5 Å². The molecule has 7 heteroatoms. The molecule has 3 rings (SSSR count). The van der Waals surface area contributed by atoms with Crippen LogP contribution in [0.1, 0.15) is 17.2 Å². The predicted octanol–water partition coefficient (Wildman–Crippen LogP) is 2.63. The lowest BCUT2D eigenvalue weighted by Gasteiger charge is -2.25. The molecule has 0 saturated carbocycles. The first-order valence-corrected chi connectivity index (χ1v) is 9.09. The van der Waals surface area contributed by atoms with Crippen LogP contribution < -0.4 is 15.4 Å². The zero-order chi connectivity index (χ0) is 19.4. The number of para-hydroxylation sites is 1. The number of anilines is 1. The molecule has 1 aliphatic heterocycles. The molecule has 1 aliphatic rings. The molecule has 2 aromatic rings. The molecule has 0 aromatic heterocycles. The molecule has 1 heterocycles. The molecule has 0 aliphatic carbocycles. The zero-order valence-corrected chi connectivity index (χ0v) is 16.0. The first kappa shape index (κ1) is 19.2. The SMILES string of the molecule is CN(C)C(CNC(=O)C(=O)Nc1ccccc1Cl)c1ccc2c(c1)CCO2. The van der Waals surface area contributed by atoms with Crippen molar-refractivity contribution in [3.05, 3.63) is 58.6 Å². The number of hydrogen-bond acceptors (Lipinski definition) is 4. The molecule has 1 atom stereocenters. The largest absolute Gasteiger partial charge is 0.493 e. The highest BCUT2D eigenvalue weighted by Gasteiger charge is 2.21. The third kappa shape index (κ3) is 4.59. The molecule has 142 valence electrons. The number of ether oxygens (including phenoxy) is 1. The third-order valence-corrected chi connectivity index (χ3v) is 4.84. The predicted molar refractivity (Wildman–Crippen MR) is 105 cm³/mol. The number of nitrogens with one attached hydrogen (secondary N) is 2. The quantitative estimate of drug-likeness (QED) is 0.774. The zero-order valence-electron chi connectivity index (χ0n) is 15.3. The van der Waals surface area contributed by atoms with Crippen LogP contribution in [0.3, 0.4) is 0 Å². The van der Waals surface area contributed by atoms with E-state index in [0.29, 0.717) is 23.9 Å². The van der Waals surface area contributed by atoms with E-state index >= 15 is 0 Å². The minimum absolute atomic E-state index is 0.0621. The number of carbonyl (C=O) groups excluding carboxylic acids is 2. The number of fused-ring (bicyclic) bond motifs is 1. The summed E-state index contributed by atoms with van der Waals surface area (Å²) < 4.78 is 5.54. The fourth-order valence-electron chi connectivity index (χ4n) is 3.02. The second-order valence-corrected chi connectivity index (χ2v) is 7.00. The number of nitrogens with zero attached hydrogens (tertiary/aromatic N) is 1. The van der Waals surface area contributed by atoms with Crippen LogP contribution in [-0.4, -0.2) is 44.0 Å². The van der Waals surface area contributed by atoms with Gasteiger partial charge in [-0.15, -0.1) is 0 Å². The van der Waals surface area contributed by atoms with Gasteiger partial charge in [0.05, 0.1) is 23.4 Å². The number of carbonyl (C=O) groups is 2. The average molecular weight is 388 g/mol. The molecule has 2 N–H and O–H groups in total. The van der Waals surface area contributed by atoms with Crippen LogP contribution in [0.5, 0.6) is 5.75 Å². The summed E-state index contributed by atoms with van der Waals surface area (Å²) in [5.74, 6) is -0.534. The highest BCUT2D eigenvalue weighted by atomic mass is 35.5. The normalized spacial score (nSPS) is 13.6. The van der Waals surface area contributed by atoms with Gasteiger partial charge in [-0.25, -0.2) is 0 Å². The lowest BCUT2D eigenvalue weighted by Crippen LogP contribution is -2.40. The number of likely N-dealkylation sites (N-methyl/N-ethyl adjacent to an activating group) is 1. The maximum atomic E-state index is 12.2. The Morgan fingerprint density at radius 2 is 1.96 bits per heavy atom. The van der Waals surface area contributed by atoms with Crippen LogP contribution >= 0.6 is 11.6 Å². The van der Waals surface area contributed by atoms with Crippen molar-refractivity contribution in [1.29, 1.82) is 0 Å². The maximum Gasteiger partial charge on any atom is 0.313 e. The average Bonchev–Trinajstić information content (AvgIpc) is 3.11. The van der Waals surface area contributed by atoms with Gasteiger partial charge in [0.2, 0.25) is 0 Å². The van der Waals surface area contributed by atoms with E-state index in [1.807, 2.05) is 31.1 Å². The van der Waals surface area contributed by atoms with Crippen LogP contribution in [0.25, 0.3) is 0 Å². The smallest absolute Gasteiger partial charge is 0.313 e. The van der Waals surface area contributed by atoms with Crippen molar-refractivity contribution in [2.24, 2.45) is 0 Å². The van der Waals surface area contributed by atoms with Gasteiger partial charge in [0.15, 0.2) is 0 Å². The van der Waals surface area contributed by atoms with E-state index in [0.717, 1.165) is 17.7 Å². The van der Waals surface area contributed by atoms with Crippen molar-refractivity contribution in [3.63, 3.8) is 0 Å². The van der Waals surface area contributed by atoms with Crippen LogP contribution in [0.2, 0.25) is 5.02 Å². The number of rotatable bonds is 5. The van der Waals surface area contributed by atoms with Crippen molar-refractivity contribution < 1.29 is 14.3 Å². The van der Waals surface area contributed by atoms with E-state index in [-0.39, 0.29) is 6.04 Å². The van der Waals surface area contributed by atoms with Crippen LogP contribution in [0.15, 0.2) is 42.5 Å². The standard InChI is InChI=1S/C20H22ClN3O3/c1-24(2)17(13-7-8-18-14(11-13)9-10-27-18)12-22-19(25)20(26)23-16-6-4-3-5-15(16)21/h3-8,11,17H,9-10,12H2,1-2H3,(H,22,25)(H,23,26). The third-order valence-electron chi connectivity index (χ3n) is 4.51. The van der Waals surface area contributed by atoms with Gasteiger partial charge in [-0.3, -0.25) is 9.59 Å². The Morgan fingerprint density at radius 1 is 1.19 bits per heavy atom. The molecule has 0 spiro atoms. The number of benzene rings is 2. The number of amides is 2. The van der Waals surface area contributed by atoms with E-state index in [1.54, 1.807) is 24.3 Å².